The van der Waals surface area contributed by atoms with E-state index < -0.39 is 0 Å². The van der Waals surface area contributed by atoms with Gasteiger partial charge in [0.2, 0.25) is 5.91 Å². The third-order valence-electron chi connectivity index (χ3n) is 5.42. The second-order valence-electron chi connectivity index (χ2n) is 7.69. The molecular formula is C23H18ClN5O3S. The van der Waals surface area contributed by atoms with Gasteiger partial charge in [-0.05, 0) is 43.3 Å². The van der Waals surface area contributed by atoms with E-state index in [2.05, 4.69) is 15.4 Å². The van der Waals surface area contributed by atoms with E-state index in [1.54, 1.807) is 45.6 Å². The molecule has 1 amide bonds. The number of benzene rings is 2. The van der Waals surface area contributed by atoms with Crippen LogP contribution < -0.4 is 10.9 Å². The monoisotopic (exact) mass is 479 g/mol. The summed E-state index contributed by atoms with van der Waals surface area (Å²) in [5.41, 5.74) is 2.06. The minimum atomic E-state index is -0.329. The maximum Gasteiger partial charge on any atom is 0.265 e. The fourth-order valence-electron chi connectivity index (χ4n) is 3.79. The van der Waals surface area contributed by atoms with Gasteiger partial charge in [-0.1, -0.05) is 35.5 Å². The number of thioether (sulfide) groups is 1. The Bertz CT molecular complexity index is 1460. The summed E-state index contributed by atoms with van der Waals surface area (Å²) in [4.78, 5) is 42.2. The van der Waals surface area contributed by atoms with E-state index in [0.29, 0.717) is 38.2 Å². The molecule has 0 radical (unpaired) electrons. The van der Waals surface area contributed by atoms with Crippen LogP contribution in [0.25, 0.3) is 16.7 Å². The molecule has 1 atom stereocenters. The molecule has 3 heterocycles. The third kappa shape index (κ3) is 4.05. The highest BCUT2D eigenvalue weighted by Gasteiger charge is 2.29. The zero-order valence-electron chi connectivity index (χ0n) is 17.5. The van der Waals surface area contributed by atoms with Gasteiger partial charge in [0.05, 0.1) is 17.9 Å². The van der Waals surface area contributed by atoms with Crippen molar-refractivity contribution >= 4 is 51.8 Å². The molecular weight excluding hydrogens is 462 g/mol. The summed E-state index contributed by atoms with van der Waals surface area (Å²) in [6.07, 6.45) is 1.61. The first-order chi connectivity index (χ1) is 15.9. The molecule has 0 saturated carbocycles. The van der Waals surface area contributed by atoms with Crippen LogP contribution in [0.5, 0.6) is 0 Å². The maximum absolute atomic E-state index is 13.3. The summed E-state index contributed by atoms with van der Waals surface area (Å²) in [5.74, 6) is 0.246. The lowest BCUT2D eigenvalue weighted by Gasteiger charge is -2.14. The second kappa shape index (κ2) is 8.49. The van der Waals surface area contributed by atoms with E-state index in [1.165, 1.54) is 24.9 Å². The van der Waals surface area contributed by atoms with E-state index in [4.69, 9.17) is 11.6 Å². The Balaban J connectivity index is 1.41. The SMILES string of the molecule is CC(=O)c1cccc(NC(=O)CC2CSc3nc4c(cnn4-c4ccc(Cl)cc4)c(=O)n32)c1. The molecule has 1 N–H and O–H groups in total. The fourth-order valence-corrected chi connectivity index (χ4v) is 5.05. The number of amides is 1. The number of nitrogens with zero attached hydrogens (tertiary/aromatic N) is 4. The number of carbonyl (C=O) groups is 2. The van der Waals surface area contributed by atoms with Gasteiger partial charge in [0, 0.05) is 28.4 Å². The number of rotatable bonds is 5. The number of ketones is 1. The van der Waals surface area contributed by atoms with Crippen molar-refractivity contribution in [3.8, 4) is 5.69 Å². The molecule has 1 aliphatic rings. The number of hydrogen-bond acceptors (Lipinski definition) is 6. The fraction of sp³-hybridized carbons (Fsp3) is 0.174. The van der Waals surface area contributed by atoms with E-state index in [0.717, 1.165) is 5.69 Å². The van der Waals surface area contributed by atoms with Crippen molar-refractivity contribution in [3.63, 3.8) is 0 Å². The predicted molar refractivity (Wildman–Crippen MR) is 128 cm³/mol. The van der Waals surface area contributed by atoms with Gasteiger partial charge >= 0.3 is 0 Å². The molecule has 8 nitrogen and oxygen atoms in total. The molecule has 0 bridgehead atoms. The summed E-state index contributed by atoms with van der Waals surface area (Å²) >= 11 is 7.41. The number of anilines is 1. The Labute approximate surface area is 197 Å². The van der Waals surface area contributed by atoms with Crippen molar-refractivity contribution in [1.29, 1.82) is 0 Å². The normalized spacial score (nSPS) is 14.9. The third-order valence-corrected chi connectivity index (χ3v) is 6.77. The molecule has 0 aliphatic carbocycles. The number of Topliss-reactive ketones (excluding diaryl/α,β-unsaturated/α-hetero) is 1. The van der Waals surface area contributed by atoms with Gasteiger partial charge in [-0.2, -0.15) is 5.10 Å². The molecule has 0 saturated heterocycles. The molecule has 5 rings (SSSR count). The maximum atomic E-state index is 13.3. The Morgan fingerprint density at radius 2 is 2.00 bits per heavy atom. The molecule has 4 aromatic rings. The van der Waals surface area contributed by atoms with Gasteiger partial charge in [-0.15, -0.1) is 0 Å². The highest BCUT2D eigenvalue weighted by molar-refractivity contribution is 7.99. The van der Waals surface area contributed by atoms with Crippen LogP contribution in [-0.4, -0.2) is 36.8 Å². The smallest absolute Gasteiger partial charge is 0.265 e. The van der Waals surface area contributed by atoms with Crippen molar-refractivity contribution in [3.05, 3.63) is 75.7 Å². The Hall–Kier alpha value is -3.43. The first-order valence-electron chi connectivity index (χ1n) is 10.2. The molecule has 166 valence electrons. The first-order valence-corrected chi connectivity index (χ1v) is 11.6. The number of halogens is 1. The first kappa shape index (κ1) is 21.4. The van der Waals surface area contributed by atoms with Gasteiger partial charge < -0.3 is 5.32 Å². The highest BCUT2D eigenvalue weighted by Crippen LogP contribution is 2.33. The zero-order valence-corrected chi connectivity index (χ0v) is 19.1. The van der Waals surface area contributed by atoms with Crippen molar-refractivity contribution in [1.82, 2.24) is 19.3 Å². The lowest BCUT2D eigenvalue weighted by Crippen LogP contribution is -2.27. The minimum absolute atomic E-state index is 0.0759. The molecule has 0 fully saturated rings. The van der Waals surface area contributed by atoms with Crippen LogP contribution in [0.4, 0.5) is 5.69 Å². The lowest BCUT2D eigenvalue weighted by molar-refractivity contribution is -0.116. The van der Waals surface area contributed by atoms with E-state index in [1.807, 2.05) is 12.1 Å². The van der Waals surface area contributed by atoms with Crippen LogP contribution in [0, 0.1) is 0 Å². The zero-order chi connectivity index (χ0) is 23.1. The summed E-state index contributed by atoms with van der Waals surface area (Å²) in [7, 11) is 0. The summed E-state index contributed by atoms with van der Waals surface area (Å²) in [6.45, 7) is 1.48. The molecule has 2 aromatic heterocycles. The number of aromatic nitrogens is 4. The van der Waals surface area contributed by atoms with Crippen LogP contribution in [0.2, 0.25) is 5.02 Å². The number of hydrogen-bond donors (Lipinski definition) is 1. The lowest BCUT2D eigenvalue weighted by atomic mass is 10.1. The van der Waals surface area contributed by atoms with Gasteiger partial charge in [0.15, 0.2) is 16.6 Å². The molecule has 33 heavy (non-hydrogen) atoms. The van der Waals surface area contributed by atoms with Crippen LogP contribution in [0.15, 0.2) is 64.7 Å². The molecule has 1 unspecified atom stereocenters. The summed E-state index contributed by atoms with van der Waals surface area (Å²) in [5, 5.41) is 8.71. The highest BCUT2D eigenvalue weighted by atomic mass is 35.5. The standard InChI is InChI=1S/C23H18ClN5O3S/c1-13(30)14-3-2-4-16(9-14)26-20(31)10-18-12-33-23-27-21-19(22(32)28(18)23)11-25-29(21)17-7-5-15(24)6-8-17/h2-9,11,18H,10,12H2,1H3,(H,26,31). The summed E-state index contributed by atoms with van der Waals surface area (Å²) in [6, 6.07) is 13.6. The van der Waals surface area contributed by atoms with Crippen molar-refractivity contribution in [2.45, 2.75) is 24.5 Å². The largest absolute Gasteiger partial charge is 0.326 e. The number of nitrogens with one attached hydrogen (secondary N) is 1. The van der Waals surface area contributed by atoms with E-state index in [-0.39, 0.29) is 29.7 Å². The topological polar surface area (TPSA) is 98.9 Å². The van der Waals surface area contributed by atoms with Crippen molar-refractivity contribution in [2.75, 3.05) is 11.1 Å². The van der Waals surface area contributed by atoms with Crippen LogP contribution in [-0.2, 0) is 4.79 Å². The average molecular weight is 480 g/mol. The second-order valence-corrected chi connectivity index (χ2v) is 9.12. The molecule has 0 spiro atoms. The van der Waals surface area contributed by atoms with E-state index >= 15 is 0 Å². The minimum Gasteiger partial charge on any atom is -0.326 e. The Kier molecular flexibility index (Phi) is 5.51. The van der Waals surface area contributed by atoms with Gasteiger partial charge in [0.1, 0.15) is 5.39 Å². The average Bonchev–Trinajstić information content (AvgIpc) is 3.39. The van der Waals surface area contributed by atoms with Crippen molar-refractivity contribution in [2.24, 2.45) is 0 Å². The quantitative estimate of drug-likeness (QED) is 0.341. The Morgan fingerprint density at radius 3 is 2.76 bits per heavy atom. The van der Waals surface area contributed by atoms with Gasteiger partial charge in [-0.25, -0.2) is 9.67 Å². The molecule has 10 heteroatoms. The number of fused-ring (bicyclic) bond motifs is 2. The molecule has 2 aromatic carbocycles. The van der Waals surface area contributed by atoms with Gasteiger partial charge in [-0.3, -0.25) is 19.0 Å². The molecule has 1 aliphatic heterocycles. The van der Waals surface area contributed by atoms with Crippen LogP contribution in [0.1, 0.15) is 29.7 Å². The number of carbonyl (C=O) groups excluding carboxylic acids is 2. The Morgan fingerprint density at radius 1 is 1.21 bits per heavy atom. The van der Waals surface area contributed by atoms with Gasteiger partial charge in [0.25, 0.3) is 5.56 Å². The van der Waals surface area contributed by atoms with Crippen LogP contribution in [0.3, 0.4) is 0 Å². The van der Waals surface area contributed by atoms with E-state index in [9.17, 15) is 14.4 Å². The predicted octanol–water partition coefficient (Wildman–Crippen LogP) is 4.11. The van der Waals surface area contributed by atoms with Crippen molar-refractivity contribution < 1.29 is 9.59 Å². The van der Waals surface area contributed by atoms with Crippen LogP contribution >= 0.6 is 23.4 Å². The summed E-state index contributed by atoms with van der Waals surface area (Å²) < 4.78 is 3.18.